The topological polar surface area (TPSA) is 77.2 Å². The molecule has 5 rings (SSSR count). The van der Waals surface area contributed by atoms with E-state index in [1.54, 1.807) is 18.2 Å². The Labute approximate surface area is 184 Å². The van der Waals surface area contributed by atoms with E-state index in [-0.39, 0.29) is 24.3 Å². The van der Waals surface area contributed by atoms with Gasteiger partial charge in [-0.25, -0.2) is 9.37 Å². The number of benzene rings is 2. The fourth-order valence-electron chi connectivity index (χ4n) is 3.65. The summed E-state index contributed by atoms with van der Waals surface area (Å²) in [5, 5.41) is 7.74. The molecule has 1 saturated carbocycles. The van der Waals surface area contributed by atoms with E-state index in [0.29, 0.717) is 28.3 Å². The standard InChI is InChI=1S/C25H22FN3O3/c1-15(14-31-21-10-6-5-9-19(21)26)27-24(30)18-13-20(16-11-12-16)28-25-22(18)23(29-32-25)17-7-3-2-4-8-17/h2-10,13,15-16H,11-12,14H2,1H3,(H,27,30). The summed E-state index contributed by atoms with van der Waals surface area (Å²) in [6.07, 6.45) is 2.10. The predicted octanol–water partition coefficient (Wildman–Crippen LogP) is 5.10. The quantitative estimate of drug-likeness (QED) is 0.440. The number of amides is 1. The summed E-state index contributed by atoms with van der Waals surface area (Å²) in [5.74, 6) is -0.211. The Morgan fingerprint density at radius 2 is 1.94 bits per heavy atom. The third kappa shape index (κ3) is 4.06. The van der Waals surface area contributed by atoms with Crippen molar-refractivity contribution in [1.29, 1.82) is 0 Å². The molecule has 0 spiro atoms. The fraction of sp³-hybridized carbons (Fsp3) is 0.240. The number of aromatic nitrogens is 2. The van der Waals surface area contributed by atoms with E-state index in [1.807, 2.05) is 43.3 Å². The molecule has 7 heteroatoms. The Morgan fingerprint density at radius 3 is 2.69 bits per heavy atom. The number of nitrogens with one attached hydrogen (secondary N) is 1. The molecule has 1 aliphatic rings. The van der Waals surface area contributed by atoms with Crippen LogP contribution in [0.3, 0.4) is 0 Å². The lowest BCUT2D eigenvalue weighted by atomic mass is 10.0. The molecule has 32 heavy (non-hydrogen) atoms. The summed E-state index contributed by atoms with van der Waals surface area (Å²) < 4.78 is 24.9. The van der Waals surface area contributed by atoms with Crippen LogP contribution in [0.25, 0.3) is 22.4 Å². The molecule has 162 valence electrons. The van der Waals surface area contributed by atoms with Gasteiger partial charge in [-0.3, -0.25) is 4.79 Å². The minimum atomic E-state index is -0.437. The highest BCUT2D eigenvalue weighted by Crippen LogP contribution is 2.41. The number of pyridine rings is 1. The maximum absolute atomic E-state index is 13.8. The predicted molar refractivity (Wildman–Crippen MR) is 118 cm³/mol. The number of ether oxygens (including phenoxy) is 1. The molecule has 1 atom stereocenters. The van der Waals surface area contributed by atoms with Gasteiger partial charge in [0.1, 0.15) is 12.3 Å². The molecule has 1 aliphatic carbocycles. The molecule has 0 bridgehead atoms. The van der Waals surface area contributed by atoms with E-state index in [4.69, 9.17) is 9.26 Å². The van der Waals surface area contributed by atoms with Crippen molar-refractivity contribution in [2.24, 2.45) is 0 Å². The van der Waals surface area contributed by atoms with Gasteiger partial charge in [0.25, 0.3) is 11.6 Å². The van der Waals surface area contributed by atoms with E-state index < -0.39 is 5.82 Å². The van der Waals surface area contributed by atoms with Crippen LogP contribution in [0.1, 0.15) is 41.7 Å². The number of hydrogen-bond acceptors (Lipinski definition) is 5. The Hall–Kier alpha value is -3.74. The number of carbonyl (C=O) groups is 1. The van der Waals surface area contributed by atoms with Crippen molar-refractivity contribution in [3.63, 3.8) is 0 Å². The third-order valence-corrected chi connectivity index (χ3v) is 5.46. The largest absolute Gasteiger partial charge is 0.488 e. The number of hydrogen-bond donors (Lipinski definition) is 1. The van der Waals surface area contributed by atoms with Gasteiger partial charge in [-0.15, -0.1) is 0 Å². The van der Waals surface area contributed by atoms with Gasteiger partial charge in [-0.1, -0.05) is 47.6 Å². The Bertz CT molecular complexity index is 1270. The van der Waals surface area contributed by atoms with Crippen molar-refractivity contribution in [3.8, 4) is 17.0 Å². The second-order valence-electron chi connectivity index (χ2n) is 8.06. The first kappa shape index (κ1) is 20.2. The Kier molecular flexibility index (Phi) is 5.31. The van der Waals surface area contributed by atoms with Gasteiger partial charge in [0.2, 0.25) is 0 Å². The zero-order chi connectivity index (χ0) is 22.1. The van der Waals surface area contributed by atoms with E-state index >= 15 is 0 Å². The van der Waals surface area contributed by atoms with Crippen LogP contribution >= 0.6 is 0 Å². The lowest BCUT2D eigenvalue weighted by molar-refractivity contribution is 0.0927. The second-order valence-corrected chi connectivity index (χ2v) is 8.06. The number of nitrogens with zero attached hydrogens (tertiary/aromatic N) is 2. The molecule has 1 fully saturated rings. The molecule has 2 heterocycles. The summed E-state index contributed by atoms with van der Waals surface area (Å²) in [6, 6.07) is 17.2. The van der Waals surface area contributed by atoms with Gasteiger partial charge in [0, 0.05) is 17.2 Å². The van der Waals surface area contributed by atoms with Gasteiger partial charge in [-0.2, -0.15) is 0 Å². The van der Waals surface area contributed by atoms with Crippen molar-refractivity contribution < 1.29 is 18.4 Å². The van der Waals surface area contributed by atoms with Gasteiger partial charge < -0.3 is 14.6 Å². The Morgan fingerprint density at radius 1 is 1.19 bits per heavy atom. The number of para-hydroxylation sites is 1. The molecular weight excluding hydrogens is 409 g/mol. The summed E-state index contributed by atoms with van der Waals surface area (Å²) in [6.45, 7) is 1.94. The highest BCUT2D eigenvalue weighted by atomic mass is 19.1. The first-order valence-electron chi connectivity index (χ1n) is 10.6. The molecule has 2 aromatic carbocycles. The summed E-state index contributed by atoms with van der Waals surface area (Å²) in [7, 11) is 0. The van der Waals surface area contributed by atoms with Crippen LogP contribution in [0.15, 0.2) is 65.2 Å². The van der Waals surface area contributed by atoms with Crippen LogP contribution in [-0.2, 0) is 0 Å². The van der Waals surface area contributed by atoms with Gasteiger partial charge in [0.05, 0.1) is 17.0 Å². The molecule has 4 aromatic rings. The average Bonchev–Trinajstić information content (AvgIpc) is 3.57. The number of halogens is 1. The number of rotatable bonds is 7. The normalized spacial score (nSPS) is 14.3. The SMILES string of the molecule is CC(COc1ccccc1F)NC(=O)c1cc(C2CC2)nc2onc(-c3ccccc3)c12. The van der Waals surface area contributed by atoms with Crippen LogP contribution in [-0.4, -0.2) is 28.7 Å². The van der Waals surface area contributed by atoms with E-state index in [0.717, 1.165) is 24.1 Å². The number of carbonyl (C=O) groups excluding carboxylic acids is 1. The minimum absolute atomic E-state index is 0.131. The molecule has 1 N–H and O–H groups in total. The van der Waals surface area contributed by atoms with E-state index in [1.165, 1.54) is 6.07 Å². The molecule has 0 radical (unpaired) electrons. The van der Waals surface area contributed by atoms with E-state index in [9.17, 15) is 9.18 Å². The fourth-order valence-corrected chi connectivity index (χ4v) is 3.65. The smallest absolute Gasteiger partial charge is 0.259 e. The Balaban J connectivity index is 1.43. The molecule has 1 unspecified atom stereocenters. The second kappa shape index (κ2) is 8.42. The highest BCUT2D eigenvalue weighted by Gasteiger charge is 2.29. The van der Waals surface area contributed by atoms with Gasteiger partial charge in [0.15, 0.2) is 11.6 Å². The van der Waals surface area contributed by atoms with Crippen molar-refractivity contribution in [2.75, 3.05) is 6.61 Å². The molecule has 0 saturated heterocycles. The summed E-state index contributed by atoms with van der Waals surface area (Å²) in [4.78, 5) is 17.9. The van der Waals surface area contributed by atoms with Crippen LogP contribution in [0.2, 0.25) is 0 Å². The van der Waals surface area contributed by atoms with Crippen LogP contribution in [0.5, 0.6) is 5.75 Å². The average molecular weight is 431 g/mol. The van der Waals surface area contributed by atoms with Crippen LogP contribution < -0.4 is 10.1 Å². The van der Waals surface area contributed by atoms with Crippen molar-refractivity contribution >= 4 is 17.0 Å². The minimum Gasteiger partial charge on any atom is -0.488 e. The zero-order valence-corrected chi connectivity index (χ0v) is 17.5. The maximum atomic E-state index is 13.8. The van der Waals surface area contributed by atoms with Gasteiger partial charge in [-0.05, 0) is 38.0 Å². The molecule has 2 aromatic heterocycles. The van der Waals surface area contributed by atoms with Crippen LogP contribution in [0, 0.1) is 5.82 Å². The first-order chi connectivity index (χ1) is 15.6. The van der Waals surface area contributed by atoms with E-state index in [2.05, 4.69) is 15.5 Å². The highest BCUT2D eigenvalue weighted by molar-refractivity contribution is 6.09. The monoisotopic (exact) mass is 431 g/mol. The third-order valence-electron chi connectivity index (χ3n) is 5.46. The maximum Gasteiger partial charge on any atom is 0.259 e. The van der Waals surface area contributed by atoms with Crippen molar-refractivity contribution in [1.82, 2.24) is 15.5 Å². The molecule has 1 amide bonds. The first-order valence-corrected chi connectivity index (χ1v) is 10.6. The van der Waals surface area contributed by atoms with Crippen molar-refractivity contribution in [2.45, 2.75) is 31.7 Å². The molecular formula is C25H22FN3O3. The lowest BCUT2D eigenvalue weighted by Gasteiger charge is -2.16. The lowest BCUT2D eigenvalue weighted by Crippen LogP contribution is -2.37. The van der Waals surface area contributed by atoms with Crippen molar-refractivity contribution in [3.05, 3.63) is 77.7 Å². The number of fused-ring (bicyclic) bond motifs is 1. The summed E-state index contributed by atoms with van der Waals surface area (Å²) >= 11 is 0. The van der Waals surface area contributed by atoms with Gasteiger partial charge >= 0.3 is 0 Å². The van der Waals surface area contributed by atoms with Crippen LogP contribution in [0.4, 0.5) is 4.39 Å². The zero-order valence-electron chi connectivity index (χ0n) is 17.5. The summed E-state index contributed by atoms with van der Waals surface area (Å²) in [5.41, 5.74) is 3.09. The molecule has 0 aliphatic heterocycles. The molecule has 6 nitrogen and oxygen atoms in total.